The molecule has 4 nitrogen and oxygen atoms in total. The van der Waals surface area contributed by atoms with Crippen molar-refractivity contribution in [2.45, 2.75) is 19.4 Å². The number of rotatable bonds is 3. The van der Waals surface area contributed by atoms with Gasteiger partial charge in [-0.2, -0.15) is 0 Å². The number of hydrogen-bond acceptors (Lipinski definition) is 2. The summed E-state index contributed by atoms with van der Waals surface area (Å²) in [4.78, 5) is 22.8. The molecule has 0 atom stereocenters. The van der Waals surface area contributed by atoms with Crippen LogP contribution in [0.2, 0.25) is 0 Å². The molecule has 0 aliphatic rings. The second-order valence-corrected chi connectivity index (χ2v) is 3.09. The average molecular weight is 158 g/mol. The molecular formula is C7H14N2O2. The minimum atomic E-state index is -0.800. The molecule has 0 rings (SSSR count). The Balaban J connectivity index is 4.28. The third-order valence-electron chi connectivity index (χ3n) is 1.36. The topological polar surface area (TPSA) is 49.4 Å². The molecule has 0 heterocycles. The molecule has 0 unspecified atom stereocenters. The average Bonchev–Trinajstić information content (AvgIpc) is 1.86. The zero-order chi connectivity index (χ0) is 9.07. The van der Waals surface area contributed by atoms with Crippen LogP contribution in [0.4, 0.5) is 0 Å². The van der Waals surface area contributed by atoms with E-state index in [0.717, 1.165) is 0 Å². The Bertz CT molecular complexity index is 164. The van der Waals surface area contributed by atoms with Gasteiger partial charge in [-0.05, 0) is 13.8 Å². The first-order valence-corrected chi connectivity index (χ1v) is 3.35. The molecule has 0 spiro atoms. The Kier molecular flexibility index (Phi) is 3.04. The molecule has 0 aromatic rings. The fourth-order valence-electron chi connectivity index (χ4n) is 0.768. The molecule has 0 saturated carbocycles. The Morgan fingerprint density at radius 1 is 1.45 bits per heavy atom. The molecule has 0 aliphatic heterocycles. The number of carbonyl (C=O) groups excluding carboxylic acids is 2. The van der Waals surface area contributed by atoms with Crippen molar-refractivity contribution in [2.75, 3.05) is 14.1 Å². The van der Waals surface area contributed by atoms with Crippen LogP contribution in [-0.4, -0.2) is 36.9 Å². The number of likely N-dealkylation sites (N-methyl/N-ethyl adjacent to an activating group) is 1. The van der Waals surface area contributed by atoms with E-state index >= 15 is 0 Å². The molecule has 11 heavy (non-hydrogen) atoms. The van der Waals surface area contributed by atoms with Crippen LogP contribution >= 0.6 is 0 Å². The van der Waals surface area contributed by atoms with Crippen LogP contribution < -0.4 is 5.32 Å². The van der Waals surface area contributed by atoms with Crippen molar-refractivity contribution in [3.8, 4) is 0 Å². The number of nitrogens with one attached hydrogen (secondary N) is 1. The summed E-state index contributed by atoms with van der Waals surface area (Å²) in [6, 6.07) is 0. The van der Waals surface area contributed by atoms with Gasteiger partial charge in [-0.25, -0.2) is 0 Å². The van der Waals surface area contributed by atoms with Gasteiger partial charge in [-0.1, -0.05) is 0 Å². The van der Waals surface area contributed by atoms with Crippen molar-refractivity contribution >= 4 is 12.3 Å². The summed E-state index contributed by atoms with van der Waals surface area (Å²) in [5, 5.41) is 2.43. The molecule has 0 bridgehead atoms. The summed E-state index contributed by atoms with van der Waals surface area (Å²) >= 11 is 0. The van der Waals surface area contributed by atoms with Gasteiger partial charge in [0.15, 0.2) is 0 Å². The molecule has 0 fully saturated rings. The van der Waals surface area contributed by atoms with E-state index in [1.807, 2.05) is 0 Å². The lowest BCUT2D eigenvalue weighted by Crippen LogP contribution is -2.51. The highest BCUT2D eigenvalue weighted by Gasteiger charge is 2.27. The number of amides is 2. The van der Waals surface area contributed by atoms with Crippen molar-refractivity contribution in [3.05, 3.63) is 0 Å². The SMILES string of the molecule is CN(C)C(=O)C(C)(C)NC=O. The van der Waals surface area contributed by atoms with Crippen molar-refractivity contribution in [1.29, 1.82) is 0 Å². The Hall–Kier alpha value is -1.06. The Labute approximate surface area is 66.6 Å². The van der Waals surface area contributed by atoms with Crippen molar-refractivity contribution < 1.29 is 9.59 Å². The standard InChI is InChI=1S/C7H14N2O2/c1-7(2,8-5-10)6(11)9(3)4/h5H,1-4H3,(H,8,10). The van der Waals surface area contributed by atoms with E-state index in [1.165, 1.54) is 4.90 Å². The van der Waals surface area contributed by atoms with E-state index in [1.54, 1.807) is 27.9 Å². The zero-order valence-corrected chi connectivity index (χ0v) is 7.34. The summed E-state index contributed by atoms with van der Waals surface area (Å²) in [6.07, 6.45) is 0.529. The smallest absolute Gasteiger partial charge is 0.247 e. The molecule has 0 aromatic carbocycles. The monoisotopic (exact) mass is 158 g/mol. The fourth-order valence-corrected chi connectivity index (χ4v) is 0.768. The van der Waals surface area contributed by atoms with Crippen molar-refractivity contribution in [1.82, 2.24) is 10.2 Å². The molecule has 0 saturated heterocycles. The van der Waals surface area contributed by atoms with Gasteiger partial charge in [0, 0.05) is 14.1 Å². The first kappa shape index (κ1) is 9.94. The molecule has 4 heteroatoms. The van der Waals surface area contributed by atoms with Crippen LogP contribution in [0.25, 0.3) is 0 Å². The summed E-state index contributed by atoms with van der Waals surface area (Å²) in [5.74, 6) is -0.121. The lowest BCUT2D eigenvalue weighted by molar-refractivity contribution is -0.136. The maximum Gasteiger partial charge on any atom is 0.247 e. The maximum absolute atomic E-state index is 11.3. The van der Waals surface area contributed by atoms with E-state index in [0.29, 0.717) is 6.41 Å². The third-order valence-corrected chi connectivity index (χ3v) is 1.36. The Morgan fingerprint density at radius 3 is 2.18 bits per heavy atom. The Morgan fingerprint density at radius 2 is 1.91 bits per heavy atom. The van der Waals surface area contributed by atoms with E-state index < -0.39 is 5.54 Å². The molecule has 64 valence electrons. The van der Waals surface area contributed by atoms with Crippen LogP contribution in [-0.2, 0) is 9.59 Å². The van der Waals surface area contributed by atoms with Gasteiger partial charge in [-0.3, -0.25) is 9.59 Å². The molecule has 0 radical (unpaired) electrons. The van der Waals surface area contributed by atoms with Crippen molar-refractivity contribution in [2.24, 2.45) is 0 Å². The molecule has 0 aliphatic carbocycles. The fraction of sp³-hybridized carbons (Fsp3) is 0.714. The van der Waals surface area contributed by atoms with Crippen LogP contribution in [0, 0.1) is 0 Å². The van der Waals surface area contributed by atoms with E-state index in [4.69, 9.17) is 0 Å². The zero-order valence-electron chi connectivity index (χ0n) is 7.34. The minimum Gasteiger partial charge on any atom is -0.347 e. The highest BCUT2D eigenvalue weighted by molar-refractivity contribution is 5.86. The first-order chi connectivity index (χ1) is 4.91. The lowest BCUT2D eigenvalue weighted by Gasteiger charge is -2.25. The second-order valence-electron chi connectivity index (χ2n) is 3.09. The van der Waals surface area contributed by atoms with E-state index in [-0.39, 0.29) is 5.91 Å². The minimum absolute atomic E-state index is 0.121. The maximum atomic E-state index is 11.3. The third kappa shape index (κ3) is 2.57. The highest BCUT2D eigenvalue weighted by atomic mass is 16.2. The number of nitrogens with zero attached hydrogens (tertiary/aromatic N) is 1. The molecular weight excluding hydrogens is 144 g/mol. The van der Waals surface area contributed by atoms with Gasteiger partial charge >= 0.3 is 0 Å². The van der Waals surface area contributed by atoms with Crippen molar-refractivity contribution in [3.63, 3.8) is 0 Å². The molecule has 2 amide bonds. The summed E-state index contributed by atoms with van der Waals surface area (Å²) in [7, 11) is 3.30. The normalized spacial score (nSPS) is 10.5. The number of hydrogen-bond donors (Lipinski definition) is 1. The highest BCUT2D eigenvalue weighted by Crippen LogP contribution is 2.03. The van der Waals surface area contributed by atoms with Crippen LogP contribution in [0.3, 0.4) is 0 Å². The van der Waals surface area contributed by atoms with Gasteiger partial charge in [-0.15, -0.1) is 0 Å². The van der Waals surface area contributed by atoms with Gasteiger partial charge in [0.05, 0.1) is 0 Å². The second kappa shape index (κ2) is 3.37. The van der Waals surface area contributed by atoms with E-state index in [9.17, 15) is 9.59 Å². The quantitative estimate of drug-likeness (QED) is 0.568. The van der Waals surface area contributed by atoms with Gasteiger partial charge in [0.1, 0.15) is 5.54 Å². The van der Waals surface area contributed by atoms with Crippen LogP contribution in [0.5, 0.6) is 0 Å². The predicted octanol–water partition coefficient (Wildman–Crippen LogP) is -0.401. The summed E-state index contributed by atoms with van der Waals surface area (Å²) in [5.41, 5.74) is -0.800. The predicted molar refractivity (Wildman–Crippen MR) is 42.0 cm³/mol. The van der Waals surface area contributed by atoms with Gasteiger partial charge in [0.2, 0.25) is 12.3 Å². The van der Waals surface area contributed by atoms with E-state index in [2.05, 4.69) is 5.32 Å². The summed E-state index contributed by atoms with van der Waals surface area (Å²) in [6.45, 7) is 3.31. The number of carbonyl (C=O) groups is 2. The van der Waals surface area contributed by atoms with Gasteiger partial charge < -0.3 is 10.2 Å². The lowest BCUT2D eigenvalue weighted by atomic mass is 10.1. The largest absolute Gasteiger partial charge is 0.347 e. The first-order valence-electron chi connectivity index (χ1n) is 3.35. The molecule has 0 aromatic heterocycles. The van der Waals surface area contributed by atoms with Gasteiger partial charge in [0.25, 0.3) is 0 Å². The molecule has 1 N–H and O–H groups in total. The summed E-state index contributed by atoms with van der Waals surface area (Å²) < 4.78 is 0. The van der Waals surface area contributed by atoms with Crippen LogP contribution in [0.15, 0.2) is 0 Å². The van der Waals surface area contributed by atoms with Crippen LogP contribution in [0.1, 0.15) is 13.8 Å².